The third kappa shape index (κ3) is 4.02. The van der Waals surface area contributed by atoms with Gasteiger partial charge < -0.3 is 19.5 Å². The fourth-order valence-corrected chi connectivity index (χ4v) is 3.82. The van der Waals surface area contributed by atoms with E-state index in [1.807, 2.05) is 24.3 Å². The Bertz CT molecular complexity index is 1310. The number of nitrogens with zero attached hydrogens (tertiary/aromatic N) is 4. The summed E-state index contributed by atoms with van der Waals surface area (Å²) in [6.07, 6.45) is 1.41. The molecule has 0 aliphatic carbocycles. The third-order valence-corrected chi connectivity index (χ3v) is 5.51. The summed E-state index contributed by atoms with van der Waals surface area (Å²) in [5.41, 5.74) is 0.887. The summed E-state index contributed by atoms with van der Waals surface area (Å²) >= 11 is 0. The minimum atomic E-state index is -0.687. The van der Waals surface area contributed by atoms with E-state index in [9.17, 15) is 9.59 Å². The second-order valence-electron chi connectivity index (χ2n) is 7.51. The van der Waals surface area contributed by atoms with Gasteiger partial charge in [-0.05, 0) is 24.3 Å². The summed E-state index contributed by atoms with van der Waals surface area (Å²) in [5.74, 6) is 0.495. The molecule has 2 aromatic carbocycles. The number of benzene rings is 2. The number of rotatable bonds is 4. The first-order valence-electron chi connectivity index (χ1n) is 10.4. The molecule has 32 heavy (non-hydrogen) atoms. The van der Waals surface area contributed by atoms with Gasteiger partial charge in [0, 0.05) is 43.3 Å². The van der Waals surface area contributed by atoms with Crippen molar-refractivity contribution in [1.82, 2.24) is 9.97 Å². The summed E-state index contributed by atoms with van der Waals surface area (Å²) in [6, 6.07) is 20.6. The minimum Gasteiger partial charge on any atom is -0.422 e. The van der Waals surface area contributed by atoms with Crippen molar-refractivity contribution < 1.29 is 9.21 Å². The van der Waals surface area contributed by atoms with Crippen LogP contribution in [0.4, 0.5) is 17.3 Å². The Hall–Kier alpha value is -4.20. The molecule has 0 saturated carbocycles. The van der Waals surface area contributed by atoms with Gasteiger partial charge in [-0.25, -0.2) is 14.8 Å². The van der Waals surface area contributed by atoms with Crippen molar-refractivity contribution in [2.75, 3.05) is 41.3 Å². The van der Waals surface area contributed by atoms with Gasteiger partial charge in [-0.3, -0.25) is 4.79 Å². The topological polar surface area (TPSA) is 91.6 Å². The fraction of sp³-hybridized carbons (Fsp3) is 0.167. The highest BCUT2D eigenvalue weighted by Crippen LogP contribution is 2.20. The third-order valence-electron chi connectivity index (χ3n) is 5.51. The average Bonchev–Trinajstić information content (AvgIpc) is 2.84. The van der Waals surface area contributed by atoms with Crippen LogP contribution in [-0.4, -0.2) is 42.1 Å². The second-order valence-corrected chi connectivity index (χ2v) is 7.51. The zero-order valence-corrected chi connectivity index (χ0v) is 17.3. The number of nitrogens with one attached hydrogen (secondary N) is 1. The van der Waals surface area contributed by atoms with Crippen LogP contribution in [0.5, 0.6) is 0 Å². The Morgan fingerprint density at radius 1 is 0.875 bits per heavy atom. The maximum absolute atomic E-state index is 12.7. The SMILES string of the molecule is O=C(Nc1cc(N2CCN(c3ccccc3)CC2)ncn1)c1cc2ccccc2oc1=O. The normalized spacial score (nSPS) is 13.9. The van der Waals surface area contributed by atoms with Crippen LogP contribution in [0.25, 0.3) is 11.0 Å². The molecule has 4 aromatic rings. The van der Waals surface area contributed by atoms with Gasteiger partial charge in [-0.1, -0.05) is 36.4 Å². The number of amides is 1. The van der Waals surface area contributed by atoms with E-state index in [2.05, 4.69) is 37.2 Å². The summed E-state index contributed by atoms with van der Waals surface area (Å²) in [6.45, 7) is 3.34. The zero-order valence-electron chi connectivity index (χ0n) is 17.3. The quantitative estimate of drug-likeness (QED) is 0.500. The molecule has 2 aromatic heterocycles. The molecule has 0 atom stereocenters. The zero-order chi connectivity index (χ0) is 21.9. The van der Waals surface area contributed by atoms with Crippen molar-refractivity contribution in [1.29, 1.82) is 0 Å². The lowest BCUT2D eigenvalue weighted by Gasteiger charge is -2.36. The summed E-state index contributed by atoms with van der Waals surface area (Å²) in [4.78, 5) is 38.0. The Labute approximate surface area is 184 Å². The van der Waals surface area contributed by atoms with Crippen molar-refractivity contribution in [3.63, 3.8) is 0 Å². The van der Waals surface area contributed by atoms with E-state index in [-0.39, 0.29) is 5.56 Å². The van der Waals surface area contributed by atoms with Crippen LogP contribution < -0.4 is 20.7 Å². The van der Waals surface area contributed by atoms with Crippen LogP contribution in [0.1, 0.15) is 10.4 Å². The molecule has 1 aliphatic rings. The maximum atomic E-state index is 12.7. The number of aromatic nitrogens is 2. The van der Waals surface area contributed by atoms with Crippen LogP contribution in [0.15, 0.2) is 82.3 Å². The van der Waals surface area contributed by atoms with E-state index in [0.717, 1.165) is 32.0 Å². The number of piperazine rings is 1. The predicted molar refractivity (Wildman–Crippen MR) is 123 cm³/mol. The minimum absolute atomic E-state index is 0.0691. The Kier molecular flexibility index (Phi) is 5.25. The molecule has 1 saturated heterocycles. The summed E-state index contributed by atoms with van der Waals surface area (Å²) in [7, 11) is 0. The standard InChI is InChI=1S/C24H21N5O3/c30-23(19-14-17-6-4-5-9-20(17)32-24(19)31)27-21-15-22(26-16-25-21)29-12-10-28(11-13-29)18-7-2-1-3-8-18/h1-9,14-16H,10-13H2,(H,25,26,27,30). The molecule has 5 rings (SSSR count). The summed E-state index contributed by atoms with van der Waals surface area (Å²) in [5, 5.41) is 3.37. The molecule has 8 nitrogen and oxygen atoms in total. The first-order chi connectivity index (χ1) is 15.7. The molecule has 0 radical (unpaired) electrons. The Morgan fingerprint density at radius 3 is 2.41 bits per heavy atom. The van der Waals surface area contributed by atoms with Crippen LogP contribution in [-0.2, 0) is 0 Å². The number of carbonyl (C=O) groups is 1. The molecule has 3 heterocycles. The van der Waals surface area contributed by atoms with Crippen LogP contribution in [0.3, 0.4) is 0 Å². The number of hydrogen-bond acceptors (Lipinski definition) is 7. The second kappa shape index (κ2) is 8.50. The molecule has 8 heteroatoms. The molecular weight excluding hydrogens is 406 g/mol. The molecule has 0 bridgehead atoms. The van der Waals surface area contributed by atoms with Gasteiger partial charge in [0.05, 0.1) is 0 Å². The Balaban J connectivity index is 1.29. The van der Waals surface area contributed by atoms with Gasteiger partial charge in [0.1, 0.15) is 29.1 Å². The van der Waals surface area contributed by atoms with E-state index in [1.165, 1.54) is 18.1 Å². The lowest BCUT2D eigenvalue weighted by Crippen LogP contribution is -2.46. The van der Waals surface area contributed by atoms with Gasteiger partial charge in [0.15, 0.2) is 0 Å². The average molecular weight is 427 g/mol. The molecule has 1 aliphatic heterocycles. The van der Waals surface area contributed by atoms with E-state index >= 15 is 0 Å². The van der Waals surface area contributed by atoms with Crippen molar-refractivity contribution in [3.8, 4) is 0 Å². The maximum Gasteiger partial charge on any atom is 0.349 e. The van der Waals surface area contributed by atoms with Crippen LogP contribution in [0, 0.1) is 0 Å². The van der Waals surface area contributed by atoms with Crippen molar-refractivity contribution in [2.24, 2.45) is 0 Å². The van der Waals surface area contributed by atoms with Crippen molar-refractivity contribution in [2.45, 2.75) is 0 Å². The molecule has 0 unspecified atom stereocenters. The predicted octanol–water partition coefficient (Wildman–Crippen LogP) is 3.16. The molecule has 1 fully saturated rings. The van der Waals surface area contributed by atoms with Gasteiger partial charge >= 0.3 is 5.63 Å². The molecule has 0 spiro atoms. The lowest BCUT2D eigenvalue weighted by molar-refractivity contribution is 0.102. The number of anilines is 3. The highest BCUT2D eigenvalue weighted by Gasteiger charge is 2.20. The van der Waals surface area contributed by atoms with E-state index < -0.39 is 11.5 Å². The van der Waals surface area contributed by atoms with E-state index in [1.54, 1.807) is 24.3 Å². The van der Waals surface area contributed by atoms with Gasteiger partial charge in [-0.15, -0.1) is 0 Å². The summed E-state index contributed by atoms with van der Waals surface area (Å²) < 4.78 is 5.26. The number of fused-ring (bicyclic) bond motifs is 1. The highest BCUT2D eigenvalue weighted by molar-refractivity contribution is 6.05. The Morgan fingerprint density at radius 2 is 1.59 bits per heavy atom. The number of carbonyl (C=O) groups excluding carboxylic acids is 1. The van der Waals surface area contributed by atoms with Gasteiger partial charge in [0.25, 0.3) is 5.91 Å². The molecular formula is C24H21N5O3. The van der Waals surface area contributed by atoms with Crippen molar-refractivity contribution >= 4 is 34.2 Å². The molecule has 160 valence electrons. The largest absolute Gasteiger partial charge is 0.422 e. The van der Waals surface area contributed by atoms with Crippen molar-refractivity contribution in [3.05, 3.63) is 89.0 Å². The lowest BCUT2D eigenvalue weighted by atomic mass is 10.2. The molecule has 1 amide bonds. The first-order valence-corrected chi connectivity index (χ1v) is 10.4. The van der Waals surface area contributed by atoms with E-state index in [4.69, 9.17) is 4.42 Å². The van der Waals surface area contributed by atoms with Crippen LogP contribution >= 0.6 is 0 Å². The van der Waals surface area contributed by atoms with Gasteiger partial charge in [0.2, 0.25) is 0 Å². The fourth-order valence-electron chi connectivity index (χ4n) is 3.82. The smallest absolute Gasteiger partial charge is 0.349 e. The highest BCUT2D eigenvalue weighted by atomic mass is 16.4. The number of para-hydroxylation sites is 2. The van der Waals surface area contributed by atoms with Crippen LogP contribution in [0.2, 0.25) is 0 Å². The van der Waals surface area contributed by atoms with E-state index in [0.29, 0.717) is 16.8 Å². The molecule has 1 N–H and O–H groups in total. The van der Waals surface area contributed by atoms with Gasteiger partial charge in [-0.2, -0.15) is 0 Å². The first kappa shape index (κ1) is 19.7. The number of hydrogen-bond donors (Lipinski definition) is 1. The monoisotopic (exact) mass is 427 g/mol.